The minimum Gasteiger partial charge on any atom is -0.370 e. The minimum atomic E-state index is -0.875. The lowest BCUT2D eigenvalue weighted by atomic mass is 9.98. The molecule has 0 fully saturated rings. The first-order valence-electron chi connectivity index (χ1n) is 5.07. The molecule has 0 saturated heterocycles. The van der Waals surface area contributed by atoms with Crippen molar-refractivity contribution in [3.8, 4) is 0 Å². The second-order valence-corrected chi connectivity index (χ2v) is 3.70. The van der Waals surface area contributed by atoms with Crippen molar-refractivity contribution in [3.05, 3.63) is 0 Å². The summed E-state index contributed by atoms with van der Waals surface area (Å²) in [6.07, 6.45) is 3.36. The van der Waals surface area contributed by atoms with Gasteiger partial charge in [0.05, 0.1) is 0 Å². The van der Waals surface area contributed by atoms with Crippen molar-refractivity contribution < 1.29 is 14.4 Å². The second kappa shape index (κ2) is 6.98. The van der Waals surface area contributed by atoms with Gasteiger partial charge < -0.3 is 11.5 Å². The molecule has 0 heterocycles. The van der Waals surface area contributed by atoms with E-state index >= 15 is 0 Å². The smallest absolute Gasteiger partial charge is 0.285 e. The van der Waals surface area contributed by atoms with Crippen LogP contribution in [0.5, 0.6) is 0 Å². The third-order valence-corrected chi connectivity index (χ3v) is 2.25. The Morgan fingerprint density at radius 2 is 1.67 bits per heavy atom. The Hall–Kier alpha value is -1.39. The van der Waals surface area contributed by atoms with Crippen LogP contribution < -0.4 is 11.5 Å². The zero-order chi connectivity index (χ0) is 11.8. The average molecular weight is 214 g/mol. The maximum atomic E-state index is 11.1. The third-order valence-electron chi connectivity index (χ3n) is 2.25. The lowest BCUT2D eigenvalue weighted by molar-refractivity contribution is -0.138. The molecule has 1 atom stereocenters. The van der Waals surface area contributed by atoms with Gasteiger partial charge in [-0.05, 0) is 12.8 Å². The van der Waals surface area contributed by atoms with Gasteiger partial charge in [-0.3, -0.25) is 14.4 Å². The van der Waals surface area contributed by atoms with E-state index in [-0.39, 0.29) is 11.8 Å². The molecule has 0 rings (SSSR count). The number of hydrogen-bond acceptors (Lipinski definition) is 3. The number of carbonyl (C=O) groups excluding carboxylic acids is 3. The minimum absolute atomic E-state index is 0.309. The van der Waals surface area contributed by atoms with Crippen LogP contribution in [-0.4, -0.2) is 17.6 Å². The van der Waals surface area contributed by atoms with Gasteiger partial charge >= 0.3 is 0 Å². The van der Waals surface area contributed by atoms with Crippen molar-refractivity contribution in [1.82, 2.24) is 0 Å². The van der Waals surface area contributed by atoms with E-state index in [2.05, 4.69) is 0 Å². The highest BCUT2D eigenvalue weighted by Gasteiger charge is 2.17. The van der Waals surface area contributed by atoms with E-state index in [0.29, 0.717) is 12.8 Å². The molecule has 1 unspecified atom stereocenters. The molecule has 0 bridgehead atoms. The van der Waals surface area contributed by atoms with Gasteiger partial charge in [-0.15, -0.1) is 0 Å². The van der Waals surface area contributed by atoms with E-state index in [9.17, 15) is 14.4 Å². The molecule has 0 spiro atoms. The van der Waals surface area contributed by atoms with E-state index in [1.807, 2.05) is 0 Å². The van der Waals surface area contributed by atoms with Crippen LogP contribution in [0.25, 0.3) is 0 Å². The highest BCUT2D eigenvalue weighted by Crippen LogP contribution is 2.11. The average Bonchev–Trinajstić information content (AvgIpc) is 2.15. The molecule has 0 aromatic rings. The molecule has 0 aliphatic rings. The van der Waals surface area contributed by atoms with E-state index in [4.69, 9.17) is 11.5 Å². The van der Waals surface area contributed by atoms with Gasteiger partial charge in [0.25, 0.3) is 5.91 Å². The summed E-state index contributed by atoms with van der Waals surface area (Å²) >= 11 is 0. The number of primary amides is 2. The Balaban J connectivity index is 3.55. The van der Waals surface area contributed by atoms with Crippen molar-refractivity contribution in [2.24, 2.45) is 17.4 Å². The maximum absolute atomic E-state index is 11.1. The summed E-state index contributed by atoms with van der Waals surface area (Å²) in [5, 5.41) is 0. The Bertz CT molecular complexity index is 251. The highest BCUT2D eigenvalue weighted by molar-refractivity contribution is 6.36. The zero-order valence-electron chi connectivity index (χ0n) is 8.99. The van der Waals surface area contributed by atoms with Crippen molar-refractivity contribution in [2.75, 3.05) is 0 Å². The zero-order valence-corrected chi connectivity index (χ0v) is 8.99. The molecule has 15 heavy (non-hydrogen) atoms. The van der Waals surface area contributed by atoms with Crippen molar-refractivity contribution in [3.63, 3.8) is 0 Å². The van der Waals surface area contributed by atoms with Gasteiger partial charge in [0.2, 0.25) is 11.7 Å². The van der Waals surface area contributed by atoms with E-state index in [0.717, 1.165) is 19.3 Å². The van der Waals surface area contributed by atoms with Gasteiger partial charge in [-0.2, -0.15) is 0 Å². The summed E-state index contributed by atoms with van der Waals surface area (Å²) in [6.45, 7) is 1.68. The second-order valence-electron chi connectivity index (χ2n) is 3.70. The summed E-state index contributed by atoms with van der Waals surface area (Å²) in [4.78, 5) is 32.0. The van der Waals surface area contributed by atoms with E-state index in [1.54, 1.807) is 6.92 Å². The van der Waals surface area contributed by atoms with E-state index in [1.165, 1.54) is 0 Å². The van der Waals surface area contributed by atoms with Gasteiger partial charge in [0.15, 0.2) is 0 Å². The molecule has 0 aromatic carbocycles. The fraction of sp³-hybridized carbons (Fsp3) is 0.700. The molecule has 0 saturated carbocycles. The number of hydrogen-bond donors (Lipinski definition) is 2. The van der Waals surface area contributed by atoms with Crippen LogP contribution in [0.1, 0.15) is 39.0 Å². The Kier molecular flexibility index (Phi) is 6.33. The predicted molar refractivity (Wildman–Crippen MR) is 55.6 cm³/mol. The van der Waals surface area contributed by atoms with Crippen LogP contribution in [0.2, 0.25) is 0 Å². The van der Waals surface area contributed by atoms with Crippen LogP contribution in [0.3, 0.4) is 0 Å². The van der Waals surface area contributed by atoms with Crippen molar-refractivity contribution in [2.45, 2.75) is 39.0 Å². The first-order valence-corrected chi connectivity index (χ1v) is 5.07. The molecule has 86 valence electrons. The van der Waals surface area contributed by atoms with Crippen LogP contribution in [0.4, 0.5) is 0 Å². The first-order chi connectivity index (χ1) is 6.95. The standard InChI is InChI=1S/C10H18N2O3/c1-7(9(14)10(12)15)5-3-2-4-6-8(11)13/h7H,2-6H2,1H3,(H2,11,13)(H2,12,15). The fourth-order valence-electron chi connectivity index (χ4n) is 1.30. The summed E-state index contributed by atoms with van der Waals surface area (Å²) < 4.78 is 0. The monoisotopic (exact) mass is 214 g/mol. The number of unbranched alkanes of at least 4 members (excludes halogenated alkanes) is 2. The topological polar surface area (TPSA) is 103 Å². The normalized spacial score (nSPS) is 12.1. The number of carbonyl (C=O) groups is 3. The number of Topliss-reactive ketones (excluding diaryl/α,β-unsaturated/α-hetero) is 1. The fourth-order valence-corrected chi connectivity index (χ4v) is 1.30. The molecule has 5 nitrogen and oxygen atoms in total. The molecule has 2 amide bonds. The van der Waals surface area contributed by atoms with Crippen LogP contribution in [0, 0.1) is 5.92 Å². The molecule has 0 aliphatic carbocycles. The number of nitrogens with two attached hydrogens (primary N) is 2. The van der Waals surface area contributed by atoms with Crippen molar-refractivity contribution in [1.29, 1.82) is 0 Å². The summed E-state index contributed by atoms with van der Waals surface area (Å²) in [6, 6.07) is 0. The number of ketones is 1. The molecular weight excluding hydrogens is 196 g/mol. The van der Waals surface area contributed by atoms with Gasteiger partial charge in [0, 0.05) is 12.3 Å². The summed E-state index contributed by atoms with van der Waals surface area (Å²) in [5.41, 5.74) is 9.83. The molecule has 0 aromatic heterocycles. The molecule has 4 N–H and O–H groups in total. The lowest BCUT2D eigenvalue weighted by Crippen LogP contribution is -2.28. The van der Waals surface area contributed by atoms with Gasteiger partial charge in [-0.25, -0.2) is 0 Å². The molecular formula is C10H18N2O3. The summed E-state index contributed by atoms with van der Waals surface area (Å²) in [5.74, 6) is -2.03. The van der Waals surface area contributed by atoms with Crippen LogP contribution in [0.15, 0.2) is 0 Å². The quantitative estimate of drug-likeness (QED) is 0.442. The summed E-state index contributed by atoms with van der Waals surface area (Å²) in [7, 11) is 0. The Morgan fingerprint density at radius 1 is 1.07 bits per heavy atom. The molecule has 0 aliphatic heterocycles. The van der Waals surface area contributed by atoms with E-state index < -0.39 is 11.7 Å². The largest absolute Gasteiger partial charge is 0.370 e. The predicted octanol–water partition coefficient (Wildman–Crippen LogP) is 0.113. The lowest BCUT2D eigenvalue weighted by Gasteiger charge is -2.06. The molecule has 5 heteroatoms. The third kappa shape index (κ3) is 6.65. The first kappa shape index (κ1) is 13.6. The Labute approximate surface area is 89.2 Å². The Morgan fingerprint density at radius 3 is 2.13 bits per heavy atom. The SMILES string of the molecule is CC(CCCCCC(N)=O)C(=O)C(N)=O. The maximum Gasteiger partial charge on any atom is 0.285 e. The van der Waals surface area contributed by atoms with Crippen molar-refractivity contribution >= 4 is 17.6 Å². The van der Waals surface area contributed by atoms with Gasteiger partial charge in [-0.1, -0.05) is 19.8 Å². The molecule has 0 radical (unpaired) electrons. The van der Waals surface area contributed by atoms with Crippen LogP contribution in [-0.2, 0) is 14.4 Å². The van der Waals surface area contributed by atoms with Gasteiger partial charge in [0.1, 0.15) is 0 Å². The van der Waals surface area contributed by atoms with Crippen LogP contribution >= 0.6 is 0 Å². The number of amides is 2. The number of rotatable bonds is 8. The highest BCUT2D eigenvalue weighted by atomic mass is 16.2.